The molecule has 0 aliphatic carbocycles. The van der Waals surface area contributed by atoms with E-state index in [4.69, 9.17) is 0 Å². The number of fused-ring (bicyclic) bond motifs is 1. The third-order valence-electron chi connectivity index (χ3n) is 3.22. The summed E-state index contributed by atoms with van der Waals surface area (Å²) in [7, 11) is 0. The lowest BCUT2D eigenvalue weighted by atomic mass is 10.1. The minimum Gasteiger partial charge on any atom is -0.361 e. The van der Waals surface area contributed by atoms with Crippen LogP contribution in [0, 0.1) is 0 Å². The van der Waals surface area contributed by atoms with Crippen molar-refractivity contribution in [3.63, 3.8) is 0 Å². The number of nitrogens with zero attached hydrogens (tertiary/aromatic N) is 2. The van der Waals surface area contributed by atoms with Crippen LogP contribution in [0.25, 0.3) is 10.9 Å². The average Bonchev–Trinajstić information content (AvgIpc) is 3.13. The van der Waals surface area contributed by atoms with Gasteiger partial charge in [-0.2, -0.15) is 5.10 Å². The van der Waals surface area contributed by atoms with Gasteiger partial charge in [-0.05, 0) is 36.8 Å². The number of H-pyrrole nitrogens is 1. The molecule has 0 bridgehead atoms. The molecular formula is C15H16N4O. The van der Waals surface area contributed by atoms with Crippen molar-refractivity contribution in [3.8, 4) is 0 Å². The number of carbonyl (C=O) groups excluding carboxylic acids is 1. The van der Waals surface area contributed by atoms with E-state index in [1.54, 1.807) is 6.20 Å². The Morgan fingerprint density at radius 1 is 1.35 bits per heavy atom. The smallest absolute Gasteiger partial charge is 0.251 e. The highest BCUT2D eigenvalue weighted by atomic mass is 16.1. The number of aromatic nitrogens is 3. The van der Waals surface area contributed by atoms with E-state index < -0.39 is 0 Å². The first-order valence-electron chi connectivity index (χ1n) is 6.66. The number of benzene rings is 1. The molecule has 1 amide bonds. The lowest BCUT2D eigenvalue weighted by Gasteiger charge is -2.05. The van der Waals surface area contributed by atoms with Crippen molar-refractivity contribution in [1.82, 2.24) is 20.1 Å². The molecule has 2 aromatic heterocycles. The van der Waals surface area contributed by atoms with Gasteiger partial charge in [0.2, 0.25) is 0 Å². The second-order valence-corrected chi connectivity index (χ2v) is 4.66. The highest BCUT2D eigenvalue weighted by molar-refractivity contribution is 5.98. The molecule has 3 rings (SSSR count). The number of hydrogen-bond acceptors (Lipinski definition) is 2. The summed E-state index contributed by atoms with van der Waals surface area (Å²) < 4.78 is 1.86. The lowest BCUT2D eigenvalue weighted by Crippen LogP contribution is -2.25. The van der Waals surface area contributed by atoms with Gasteiger partial charge in [0.05, 0.1) is 0 Å². The van der Waals surface area contributed by atoms with Gasteiger partial charge in [-0.25, -0.2) is 0 Å². The maximum absolute atomic E-state index is 12.0. The van der Waals surface area contributed by atoms with E-state index in [0.29, 0.717) is 12.1 Å². The monoisotopic (exact) mass is 268 g/mol. The summed E-state index contributed by atoms with van der Waals surface area (Å²) in [5.74, 6) is -0.0337. The Labute approximate surface area is 116 Å². The number of carbonyl (C=O) groups is 1. The summed E-state index contributed by atoms with van der Waals surface area (Å²) in [5.41, 5.74) is 1.73. The third-order valence-corrected chi connectivity index (χ3v) is 3.22. The molecule has 5 heteroatoms. The Morgan fingerprint density at radius 3 is 3.15 bits per heavy atom. The molecule has 0 aliphatic heterocycles. The Morgan fingerprint density at radius 2 is 2.30 bits per heavy atom. The van der Waals surface area contributed by atoms with Crippen molar-refractivity contribution >= 4 is 16.8 Å². The van der Waals surface area contributed by atoms with Crippen LogP contribution in [0.1, 0.15) is 16.8 Å². The molecule has 2 heterocycles. The van der Waals surface area contributed by atoms with Gasteiger partial charge in [-0.1, -0.05) is 0 Å². The van der Waals surface area contributed by atoms with Crippen LogP contribution in [-0.2, 0) is 6.54 Å². The summed E-state index contributed by atoms with van der Waals surface area (Å²) in [5, 5.41) is 8.10. The molecule has 2 N–H and O–H groups in total. The lowest BCUT2D eigenvalue weighted by molar-refractivity contribution is 0.0952. The number of amides is 1. The summed E-state index contributed by atoms with van der Waals surface area (Å²) in [4.78, 5) is 15.1. The van der Waals surface area contributed by atoms with Crippen molar-refractivity contribution in [1.29, 1.82) is 0 Å². The second-order valence-electron chi connectivity index (χ2n) is 4.66. The van der Waals surface area contributed by atoms with E-state index in [0.717, 1.165) is 23.9 Å². The predicted molar refractivity (Wildman–Crippen MR) is 77.5 cm³/mol. The standard InChI is InChI=1S/C15H16N4O/c20-15(17-6-1-9-19-10-2-7-18-19)13-3-4-14-12(11-13)5-8-16-14/h2-5,7-8,10-11,16H,1,6,9H2,(H,17,20). The first-order valence-corrected chi connectivity index (χ1v) is 6.66. The third kappa shape index (κ3) is 2.71. The van der Waals surface area contributed by atoms with Gasteiger partial charge < -0.3 is 10.3 Å². The molecule has 3 aromatic rings. The number of rotatable bonds is 5. The number of nitrogens with one attached hydrogen (secondary N) is 2. The van der Waals surface area contributed by atoms with Crippen LogP contribution in [0.3, 0.4) is 0 Å². The van der Waals surface area contributed by atoms with E-state index in [1.807, 2.05) is 47.4 Å². The maximum atomic E-state index is 12.0. The molecule has 0 fully saturated rings. The number of aryl methyl sites for hydroxylation is 1. The average molecular weight is 268 g/mol. The van der Waals surface area contributed by atoms with Crippen molar-refractivity contribution < 1.29 is 4.79 Å². The van der Waals surface area contributed by atoms with E-state index in [1.165, 1.54) is 0 Å². The van der Waals surface area contributed by atoms with Crippen LogP contribution < -0.4 is 5.32 Å². The first kappa shape index (κ1) is 12.5. The molecule has 5 nitrogen and oxygen atoms in total. The Kier molecular flexibility index (Phi) is 3.50. The molecule has 0 aliphatic rings. The number of hydrogen-bond donors (Lipinski definition) is 2. The van der Waals surface area contributed by atoms with Gasteiger partial charge in [-0.15, -0.1) is 0 Å². The Balaban J connectivity index is 1.53. The molecule has 0 atom stereocenters. The van der Waals surface area contributed by atoms with Gasteiger partial charge in [0.15, 0.2) is 0 Å². The molecule has 1 aromatic carbocycles. The molecule has 0 saturated heterocycles. The normalized spacial score (nSPS) is 10.8. The second kappa shape index (κ2) is 5.61. The fourth-order valence-electron chi connectivity index (χ4n) is 2.17. The van der Waals surface area contributed by atoms with Crippen molar-refractivity contribution in [3.05, 3.63) is 54.5 Å². The molecule has 0 saturated carbocycles. The maximum Gasteiger partial charge on any atom is 0.251 e. The number of aromatic amines is 1. The summed E-state index contributed by atoms with van der Waals surface area (Å²) >= 11 is 0. The summed E-state index contributed by atoms with van der Waals surface area (Å²) in [6.45, 7) is 1.45. The van der Waals surface area contributed by atoms with Crippen LogP contribution >= 0.6 is 0 Å². The van der Waals surface area contributed by atoms with Crippen LogP contribution in [0.5, 0.6) is 0 Å². The van der Waals surface area contributed by atoms with E-state index >= 15 is 0 Å². The quantitative estimate of drug-likeness (QED) is 0.697. The van der Waals surface area contributed by atoms with Gasteiger partial charge >= 0.3 is 0 Å². The largest absolute Gasteiger partial charge is 0.361 e. The fourth-order valence-corrected chi connectivity index (χ4v) is 2.17. The molecule has 20 heavy (non-hydrogen) atoms. The molecule has 0 unspecified atom stereocenters. The van der Waals surface area contributed by atoms with E-state index in [-0.39, 0.29) is 5.91 Å². The SMILES string of the molecule is O=C(NCCCn1cccn1)c1ccc2[nH]ccc2c1. The minimum absolute atomic E-state index is 0.0337. The minimum atomic E-state index is -0.0337. The highest BCUT2D eigenvalue weighted by Crippen LogP contribution is 2.14. The zero-order valence-corrected chi connectivity index (χ0v) is 11.0. The topological polar surface area (TPSA) is 62.7 Å². The van der Waals surface area contributed by atoms with Crippen molar-refractivity contribution in [2.45, 2.75) is 13.0 Å². The van der Waals surface area contributed by atoms with Crippen LogP contribution in [0.4, 0.5) is 0 Å². The first-order chi connectivity index (χ1) is 9.83. The van der Waals surface area contributed by atoms with Crippen LogP contribution in [0.2, 0.25) is 0 Å². The highest BCUT2D eigenvalue weighted by Gasteiger charge is 2.05. The van der Waals surface area contributed by atoms with Gasteiger partial charge in [0, 0.05) is 48.1 Å². The van der Waals surface area contributed by atoms with Gasteiger partial charge in [-0.3, -0.25) is 9.48 Å². The Bertz CT molecular complexity index is 700. The van der Waals surface area contributed by atoms with Gasteiger partial charge in [0.25, 0.3) is 5.91 Å². The molecule has 0 spiro atoms. The van der Waals surface area contributed by atoms with Gasteiger partial charge in [0.1, 0.15) is 0 Å². The zero-order chi connectivity index (χ0) is 13.8. The zero-order valence-electron chi connectivity index (χ0n) is 11.0. The molecule has 102 valence electrons. The fraction of sp³-hybridized carbons (Fsp3) is 0.200. The summed E-state index contributed by atoms with van der Waals surface area (Å²) in [6, 6.07) is 9.51. The van der Waals surface area contributed by atoms with Crippen molar-refractivity contribution in [2.24, 2.45) is 0 Å². The van der Waals surface area contributed by atoms with Crippen molar-refractivity contribution in [2.75, 3.05) is 6.54 Å². The molecule has 0 radical (unpaired) electrons. The summed E-state index contributed by atoms with van der Waals surface area (Å²) in [6.07, 6.45) is 6.41. The Hall–Kier alpha value is -2.56. The van der Waals surface area contributed by atoms with Crippen LogP contribution in [-0.4, -0.2) is 27.2 Å². The predicted octanol–water partition coefficient (Wildman–Crippen LogP) is 2.18. The van der Waals surface area contributed by atoms with E-state index in [2.05, 4.69) is 15.4 Å². The van der Waals surface area contributed by atoms with Crippen LogP contribution in [0.15, 0.2) is 48.9 Å². The molecular weight excluding hydrogens is 252 g/mol. The van der Waals surface area contributed by atoms with E-state index in [9.17, 15) is 4.79 Å².